The van der Waals surface area contributed by atoms with Crippen LogP contribution >= 0.6 is 11.3 Å². The Hall–Kier alpha value is -1.17. The zero-order valence-corrected chi connectivity index (χ0v) is 12.2. The van der Waals surface area contributed by atoms with E-state index in [0.29, 0.717) is 4.90 Å². The molecule has 0 aliphatic carbocycles. The Morgan fingerprint density at radius 3 is 2.84 bits per heavy atom. The lowest BCUT2D eigenvalue weighted by Gasteiger charge is -2.12. The van der Waals surface area contributed by atoms with Crippen molar-refractivity contribution in [3.05, 3.63) is 51.7 Å². The van der Waals surface area contributed by atoms with Gasteiger partial charge in [0.2, 0.25) is 0 Å². The van der Waals surface area contributed by atoms with Gasteiger partial charge in [-0.2, -0.15) is 0 Å². The maximum atomic E-state index is 12.1. The van der Waals surface area contributed by atoms with E-state index in [0.717, 1.165) is 12.1 Å². The normalized spacial score (nSPS) is 20.4. The van der Waals surface area contributed by atoms with Crippen LogP contribution < -0.4 is 5.32 Å². The van der Waals surface area contributed by atoms with Gasteiger partial charge in [-0.25, -0.2) is 8.42 Å². The lowest BCUT2D eigenvalue weighted by molar-refractivity contribution is 0.568. The number of hydrogen-bond acceptors (Lipinski definition) is 4. The van der Waals surface area contributed by atoms with E-state index in [9.17, 15) is 8.42 Å². The maximum Gasteiger partial charge on any atom is 0.180 e. The first-order valence-electron chi connectivity index (χ1n) is 6.16. The SMILES string of the molecule is Cc1ccsc1CNC1CS(=O)(=O)c2ccccc21. The van der Waals surface area contributed by atoms with Crippen molar-refractivity contribution in [3.63, 3.8) is 0 Å². The van der Waals surface area contributed by atoms with Gasteiger partial charge in [0.25, 0.3) is 0 Å². The molecule has 1 N–H and O–H groups in total. The van der Waals surface area contributed by atoms with Crippen molar-refractivity contribution in [3.8, 4) is 0 Å². The molecule has 2 aromatic rings. The average Bonchev–Trinajstić information content (AvgIpc) is 2.90. The predicted molar refractivity (Wildman–Crippen MR) is 77.1 cm³/mol. The van der Waals surface area contributed by atoms with Crippen molar-refractivity contribution in [1.29, 1.82) is 0 Å². The molecule has 1 atom stereocenters. The fourth-order valence-corrected chi connectivity index (χ4v) is 5.05. The second kappa shape index (κ2) is 4.74. The number of aryl methyl sites for hydroxylation is 1. The van der Waals surface area contributed by atoms with Crippen LogP contribution in [0.2, 0.25) is 0 Å². The Labute approximate surface area is 117 Å². The lowest BCUT2D eigenvalue weighted by atomic mass is 10.1. The maximum absolute atomic E-state index is 12.1. The standard InChI is InChI=1S/C14H15NO2S2/c1-10-6-7-18-13(10)8-15-12-9-19(16,17)14-5-3-2-4-11(12)14/h2-7,12,15H,8-9H2,1H3. The highest BCUT2D eigenvalue weighted by molar-refractivity contribution is 7.91. The summed E-state index contributed by atoms with van der Waals surface area (Å²) < 4.78 is 24.1. The van der Waals surface area contributed by atoms with Crippen LogP contribution in [-0.4, -0.2) is 14.2 Å². The van der Waals surface area contributed by atoms with E-state index < -0.39 is 9.84 Å². The van der Waals surface area contributed by atoms with Gasteiger partial charge in [-0.1, -0.05) is 18.2 Å². The van der Waals surface area contributed by atoms with Crippen LogP contribution in [0.3, 0.4) is 0 Å². The largest absolute Gasteiger partial charge is 0.304 e. The van der Waals surface area contributed by atoms with Crippen LogP contribution in [0.15, 0.2) is 40.6 Å². The second-order valence-corrected chi connectivity index (χ2v) is 7.78. The van der Waals surface area contributed by atoms with E-state index >= 15 is 0 Å². The number of sulfone groups is 1. The molecule has 0 saturated carbocycles. The zero-order valence-electron chi connectivity index (χ0n) is 10.6. The van der Waals surface area contributed by atoms with Crippen molar-refractivity contribution in [2.75, 3.05) is 5.75 Å². The first-order valence-corrected chi connectivity index (χ1v) is 8.69. The number of rotatable bonds is 3. The third-order valence-electron chi connectivity index (χ3n) is 3.49. The first kappa shape index (κ1) is 12.8. The van der Waals surface area contributed by atoms with Gasteiger partial charge in [-0.15, -0.1) is 11.3 Å². The molecule has 5 heteroatoms. The van der Waals surface area contributed by atoms with Crippen LogP contribution in [0.5, 0.6) is 0 Å². The minimum absolute atomic E-state index is 0.0947. The van der Waals surface area contributed by atoms with E-state index in [1.54, 1.807) is 23.5 Å². The van der Waals surface area contributed by atoms with E-state index in [1.165, 1.54) is 10.4 Å². The molecular weight excluding hydrogens is 278 g/mol. The van der Waals surface area contributed by atoms with E-state index in [2.05, 4.69) is 23.7 Å². The fraction of sp³-hybridized carbons (Fsp3) is 0.286. The predicted octanol–water partition coefficient (Wildman–Crippen LogP) is 2.67. The van der Waals surface area contributed by atoms with Crippen LogP contribution in [0.1, 0.15) is 22.0 Å². The van der Waals surface area contributed by atoms with Gasteiger partial charge < -0.3 is 5.32 Å². The second-order valence-electron chi connectivity index (χ2n) is 4.78. The lowest BCUT2D eigenvalue weighted by Crippen LogP contribution is -2.22. The van der Waals surface area contributed by atoms with Gasteiger partial charge in [-0.3, -0.25) is 0 Å². The molecule has 0 bridgehead atoms. The molecule has 1 aliphatic heterocycles. The van der Waals surface area contributed by atoms with Gasteiger partial charge in [0.15, 0.2) is 9.84 Å². The molecule has 1 unspecified atom stereocenters. The van der Waals surface area contributed by atoms with E-state index in [4.69, 9.17) is 0 Å². The summed E-state index contributed by atoms with van der Waals surface area (Å²) in [6, 6.07) is 9.26. The molecule has 3 nitrogen and oxygen atoms in total. The Morgan fingerprint density at radius 1 is 1.32 bits per heavy atom. The van der Waals surface area contributed by atoms with Gasteiger partial charge in [0, 0.05) is 17.5 Å². The topological polar surface area (TPSA) is 46.2 Å². The molecule has 0 radical (unpaired) electrons. The number of hydrogen-bond donors (Lipinski definition) is 1. The summed E-state index contributed by atoms with van der Waals surface area (Å²) in [6.45, 7) is 2.80. The van der Waals surface area contributed by atoms with Crippen molar-refractivity contribution < 1.29 is 8.42 Å². The summed E-state index contributed by atoms with van der Waals surface area (Å²) in [5.41, 5.74) is 2.16. The molecule has 19 heavy (non-hydrogen) atoms. The third kappa shape index (κ3) is 2.33. The molecule has 2 heterocycles. The van der Waals surface area contributed by atoms with Crippen LogP contribution in [0, 0.1) is 6.92 Å². The number of benzene rings is 1. The van der Waals surface area contributed by atoms with E-state index in [-0.39, 0.29) is 11.8 Å². The van der Waals surface area contributed by atoms with Crippen LogP contribution in [0.4, 0.5) is 0 Å². The van der Waals surface area contributed by atoms with E-state index in [1.807, 2.05) is 12.1 Å². The molecule has 1 aliphatic rings. The van der Waals surface area contributed by atoms with Crippen LogP contribution in [0.25, 0.3) is 0 Å². The molecule has 1 aromatic carbocycles. The van der Waals surface area contributed by atoms with Gasteiger partial charge in [0.1, 0.15) is 0 Å². The summed E-state index contributed by atoms with van der Waals surface area (Å²) in [5.74, 6) is 0.163. The molecular formula is C14H15NO2S2. The highest BCUT2D eigenvalue weighted by Crippen LogP contribution is 2.33. The Bertz CT molecular complexity index is 704. The monoisotopic (exact) mass is 293 g/mol. The minimum atomic E-state index is -3.12. The molecule has 0 fully saturated rings. The Balaban J connectivity index is 1.83. The van der Waals surface area contributed by atoms with Gasteiger partial charge in [0.05, 0.1) is 10.6 Å². The summed E-state index contributed by atoms with van der Waals surface area (Å²) in [4.78, 5) is 1.75. The Morgan fingerprint density at radius 2 is 2.11 bits per heavy atom. The number of fused-ring (bicyclic) bond motifs is 1. The molecule has 0 spiro atoms. The smallest absolute Gasteiger partial charge is 0.180 e. The quantitative estimate of drug-likeness (QED) is 0.946. The highest BCUT2D eigenvalue weighted by Gasteiger charge is 2.33. The molecule has 100 valence electrons. The molecule has 0 amide bonds. The first-order chi connectivity index (χ1) is 9.08. The third-order valence-corrected chi connectivity index (χ3v) is 6.33. The van der Waals surface area contributed by atoms with Crippen LogP contribution in [-0.2, 0) is 16.4 Å². The number of thiophene rings is 1. The Kier molecular flexibility index (Phi) is 3.20. The highest BCUT2D eigenvalue weighted by atomic mass is 32.2. The van der Waals surface area contributed by atoms with Gasteiger partial charge >= 0.3 is 0 Å². The molecule has 1 aromatic heterocycles. The summed E-state index contributed by atoms with van der Waals surface area (Å²) in [5, 5.41) is 5.43. The van der Waals surface area contributed by atoms with Crippen molar-refractivity contribution in [2.24, 2.45) is 0 Å². The zero-order chi connectivity index (χ0) is 13.5. The van der Waals surface area contributed by atoms with Crippen molar-refractivity contribution in [1.82, 2.24) is 5.32 Å². The van der Waals surface area contributed by atoms with Crippen molar-refractivity contribution in [2.45, 2.75) is 24.4 Å². The minimum Gasteiger partial charge on any atom is -0.304 e. The summed E-state index contributed by atoms with van der Waals surface area (Å²) >= 11 is 1.70. The fourth-order valence-electron chi connectivity index (χ4n) is 2.42. The van der Waals surface area contributed by atoms with Gasteiger partial charge in [-0.05, 0) is 35.6 Å². The number of nitrogens with one attached hydrogen (secondary N) is 1. The summed E-state index contributed by atoms with van der Waals surface area (Å²) in [7, 11) is -3.12. The molecule has 0 saturated heterocycles. The van der Waals surface area contributed by atoms with Crippen molar-refractivity contribution >= 4 is 21.2 Å². The summed E-state index contributed by atoms with van der Waals surface area (Å²) in [6.07, 6.45) is 0. The average molecular weight is 293 g/mol. The molecule has 3 rings (SSSR count).